The van der Waals surface area contributed by atoms with Crippen LogP contribution in [0.4, 0.5) is 5.69 Å². The number of halogens is 1. The molecule has 2 aromatic carbocycles. The van der Waals surface area contributed by atoms with Gasteiger partial charge in [0.1, 0.15) is 5.75 Å². The summed E-state index contributed by atoms with van der Waals surface area (Å²) in [5.41, 5.74) is 3.42. The molecule has 4 aliphatic rings. The van der Waals surface area contributed by atoms with E-state index in [2.05, 4.69) is 33.9 Å². The molecule has 0 saturated heterocycles. The van der Waals surface area contributed by atoms with Crippen LogP contribution in [0.2, 0.25) is 5.02 Å². The van der Waals surface area contributed by atoms with Gasteiger partial charge in [-0.3, -0.25) is 4.79 Å². The molecule has 10 heteroatoms. The number of amides is 1. The molecule has 8 nitrogen and oxygen atoms in total. The molecule has 6 rings (SSSR count). The molecule has 2 bridgehead atoms. The average molecular weight is 657 g/mol. The summed E-state index contributed by atoms with van der Waals surface area (Å²) in [6.07, 6.45) is 9.25. The Hall–Kier alpha value is -2.59. The Labute approximate surface area is 272 Å². The molecule has 1 saturated carbocycles. The average Bonchev–Trinajstić information content (AvgIpc) is 3.13. The number of methoxy groups -OCH3 is 1. The van der Waals surface area contributed by atoms with Crippen LogP contribution in [-0.4, -0.2) is 66.2 Å². The Bertz CT molecular complexity index is 1550. The number of hydrogen-bond donors (Lipinski definition) is 1. The highest BCUT2D eigenvalue weighted by Gasteiger charge is 2.44. The fourth-order valence-corrected chi connectivity index (χ4v) is 9.27. The fraction of sp³-hybridized carbons (Fsp3) is 0.571. The van der Waals surface area contributed by atoms with Gasteiger partial charge in [0.05, 0.1) is 37.4 Å². The van der Waals surface area contributed by atoms with Crippen molar-refractivity contribution in [3.05, 3.63) is 70.3 Å². The molecule has 6 atom stereocenters. The number of nitrogens with zero attached hydrogens (tertiary/aromatic N) is 1. The number of sulfonamides is 1. The lowest BCUT2D eigenvalue weighted by Gasteiger charge is -2.46. The number of carbonyl (C=O) groups is 1. The highest BCUT2D eigenvalue weighted by Crippen LogP contribution is 2.47. The largest absolute Gasteiger partial charge is 0.490 e. The first-order chi connectivity index (χ1) is 21.6. The van der Waals surface area contributed by atoms with Gasteiger partial charge < -0.3 is 19.1 Å². The van der Waals surface area contributed by atoms with Crippen LogP contribution in [0.15, 0.2) is 48.6 Å². The minimum absolute atomic E-state index is 0.0231. The molecule has 2 aliphatic heterocycles. The van der Waals surface area contributed by atoms with Gasteiger partial charge in [-0.2, -0.15) is 0 Å². The van der Waals surface area contributed by atoms with E-state index >= 15 is 0 Å². The van der Waals surface area contributed by atoms with Gasteiger partial charge >= 0.3 is 0 Å². The highest BCUT2D eigenvalue weighted by molar-refractivity contribution is 7.90. The van der Waals surface area contributed by atoms with Crippen LogP contribution in [0, 0.1) is 23.7 Å². The second-order valence-corrected chi connectivity index (χ2v) is 15.8. The van der Waals surface area contributed by atoms with Crippen molar-refractivity contribution in [3.8, 4) is 5.75 Å². The van der Waals surface area contributed by atoms with E-state index in [0.717, 1.165) is 55.9 Å². The molecule has 0 aromatic heterocycles. The van der Waals surface area contributed by atoms with Crippen molar-refractivity contribution in [2.45, 2.75) is 57.5 Å². The lowest BCUT2D eigenvalue weighted by molar-refractivity contribution is -0.0311. The summed E-state index contributed by atoms with van der Waals surface area (Å²) in [6.45, 7) is 6.94. The van der Waals surface area contributed by atoms with Crippen molar-refractivity contribution < 1.29 is 27.4 Å². The van der Waals surface area contributed by atoms with Crippen molar-refractivity contribution in [2.24, 2.45) is 23.7 Å². The Morgan fingerprint density at radius 2 is 1.96 bits per heavy atom. The fourth-order valence-electron chi connectivity index (χ4n) is 7.60. The molecule has 0 unspecified atom stereocenters. The second kappa shape index (κ2) is 13.3. The predicted octanol–water partition coefficient (Wildman–Crippen LogP) is 5.77. The smallest absolute Gasteiger partial charge is 0.264 e. The zero-order chi connectivity index (χ0) is 31.8. The van der Waals surface area contributed by atoms with Crippen LogP contribution in [-0.2, 0) is 31.3 Å². The number of anilines is 1. The predicted molar refractivity (Wildman–Crippen MR) is 177 cm³/mol. The van der Waals surface area contributed by atoms with Crippen molar-refractivity contribution in [1.82, 2.24) is 4.72 Å². The summed E-state index contributed by atoms with van der Waals surface area (Å²) in [5.74, 6) is 0.394. The molecular formula is C35H45ClN2O6S. The summed E-state index contributed by atoms with van der Waals surface area (Å²) < 4.78 is 46.9. The molecular weight excluding hydrogens is 612 g/mol. The van der Waals surface area contributed by atoms with Crippen molar-refractivity contribution in [1.29, 1.82) is 0 Å². The third-order valence-electron chi connectivity index (χ3n) is 10.5. The number of hydrogen-bond acceptors (Lipinski definition) is 7. The van der Waals surface area contributed by atoms with E-state index in [-0.39, 0.29) is 29.1 Å². The molecule has 0 radical (unpaired) electrons. The standard InChI is InChI=1S/C35H45ClN2O6S/c1-23-6-12-32(43-16-15-42-3)29-10-7-27(29)19-38-21-35(14-4-5-25-17-28(36)9-11-30(25)35)22-44-33-13-8-26(18-31(33)38)34(39)37-45(40,41)20-24(23)2/h6,8-9,11-13,17-18,23-24,27,29,32H,4-5,7,10,14-16,19-22H2,1-3H3,(H,37,39)/b12-6+/t23-,24+,27+,29-,32-,35+/m1/s1. The lowest BCUT2D eigenvalue weighted by atomic mass is 9.68. The Morgan fingerprint density at radius 3 is 2.73 bits per heavy atom. The number of allylic oxidation sites excluding steroid dienone is 1. The number of carbonyl (C=O) groups excluding carboxylic acids is 1. The maximum Gasteiger partial charge on any atom is 0.264 e. The van der Waals surface area contributed by atoms with Gasteiger partial charge in [-0.25, -0.2) is 13.1 Å². The Morgan fingerprint density at radius 1 is 1.11 bits per heavy atom. The van der Waals surface area contributed by atoms with Gasteiger partial charge in [0.15, 0.2) is 0 Å². The zero-order valence-electron chi connectivity index (χ0n) is 26.5. The van der Waals surface area contributed by atoms with E-state index in [1.54, 1.807) is 13.2 Å². The maximum absolute atomic E-state index is 13.4. The van der Waals surface area contributed by atoms with Crippen LogP contribution in [0.5, 0.6) is 5.75 Å². The molecule has 2 aliphatic carbocycles. The normalized spacial score (nSPS) is 31.9. The first-order valence-electron chi connectivity index (χ1n) is 16.2. The van der Waals surface area contributed by atoms with E-state index in [0.29, 0.717) is 43.0 Å². The molecule has 1 fully saturated rings. The number of benzene rings is 2. The first-order valence-corrected chi connectivity index (χ1v) is 18.2. The van der Waals surface area contributed by atoms with Crippen LogP contribution < -0.4 is 14.4 Å². The summed E-state index contributed by atoms with van der Waals surface area (Å²) in [6, 6.07) is 11.5. The number of rotatable bonds is 4. The van der Waals surface area contributed by atoms with Gasteiger partial charge in [-0.1, -0.05) is 43.7 Å². The molecule has 244 valence electrons. The Balaban J connectivity index is 1.41. The summed E-state index contributed by atoms with van der Waals surface area (Å²) in [7, 11) is -2.19. The molecule has 1 amide bonds. The van der Waals surface area contributed by atoms with Gasteiger partial charge in [0.2, 0.25) is 10.0 Å². The van der Waals surface area contributed by atoms with Crippen molar-refractivity contribution in [3.63, 3.8) is 0 Å². The molecule has 2 aromatic rings. The van der Waals surface area contributed by atoms with Gasteiger partial charge in [-0.05, 0) is 97.2 Å². The quantitative estimate of drug-likeness (QED) is 0.330. The molecule has 2 heterocycles. The topological polar surface area (TPSA) is 94.2 Å². The number of ether oxygens (including phenoxy) is 3. The second-order valence-electron chi connectivity index (χ2n) is 13.6. The summed E-state index contributed by atoms with van der Waals surface area (Å²) in [4.78, 5) is 15.8. The first kappa shape index (κ1) is 32.4. The van der Waals surface area contributed by atoms with E-state index in [1.165, 1.54) is 11.1 Å². The van der Waals surface area contributed by atoms with Gasteiger partial charge in [-0.15, -0.1) is 0 Å². The number of aryl methyl sites for hydroxylation is 1. The lowest BCUT2D eigenvalue weighted by Crippen LogP contribution is -2.49. The number of nitrogens with one attached hydrogen (secondary N) is 1. The van der Waals surface area contributed by atoms with E-state index in [4.69, 9.17) is 25.8 Å². The number of fused-ring (bicyclic) bond motifs is 4. The molecule has 1 N–H and O–H groups in total. The van der Waals surface area contributed by atoms with Gasteiger partial charge in [0.25, 0.3) is 5.91 Å². The van der Waals surface area contributed by atoms with Gasteiger partial charge in [0, 0.05) is 36.2 Å². The van der Waals surface area contributed by atoms with Crippen LogP contribution >= 0.6 is 11.6 Å². The Kier molecular flexibility index (Phi) is 9.53. The van der Waals surface area contributed by atoms with E-state index in [9.17, 15) is 13.2 Å². The van der Waals surface area contributed by atoms with Crippen LogP contribution in [0.3, 0.4) is 0 Å². The molecule has 45 heavy (non-hydrogen) atoms. The monoisotopic (exact) mass is 656 g/mol. The highest BCUT2D eigenvalue weighted by atomic mass is 35.5. The van der Waals surface area contributed by atoms with Crippen LogP contribution in [0.1, 0.15) is 61.0 Å². The third kappa shape index (κ3) is 6.92. The van der Waals surface area contributed by atoms with Crippen molar-refractivity contribution in [2.75, 3.05) is 50.7 Å². The van der Waals surface area contributed by atoms with Crippen molar-refractivity contribution >= 4 is 33.2 Å². The maximum atomic E-state index is 13.4. The minimum Gasteiger partial charge on any atom is -0.490 e. The van der Waals surface area contributed by atoms with E-state index < -0.39 is 15.9 Å². The van der Waals surface area contributed by atoms with E-state index in [1.807, 2.05) is 32.0 Å². The summed E-state index contributed by atoms with van der Waals surface area (Å²) in [5, 5.41) is 0.743. The van der Waals surface area contributed by atoms with Crippen LogP contribution in [0.25, 0.3) is 0 Å². The SMILES string of the molecule is COCCO[C@@H]1/C=C/[C@@H](C)[C@@H](C)CS(=O)(=O)NC(=O)c2ccc3c(c2)N(C[C@@H]2CC[C@H]21)C[C@@]1(CCCc2cc(Cl)ccc21)CO3. The zero-order valence-corrected chi connectivity index (χ0v) is 28.0. The minimum atomic E-state index is -3.87. The summed E-state index contributed by atoms with van der Waals surface area (Å²) >= 11 is 6.43. The molecule has 1 spiro atoms. The third-order valence-corrected chi connectivity index (χ3v) is 12.2.